The molecule has 8 heteroatoms. The topological polar surface area (TPSA) is 62.6 Å². The molecule has 1 aromatic carbocycles. The number of halogens is 2. The summed E-state index contributed by atoms with van der Waals surface area (Å²) in [6, 6.07) is 2.74. The Morgan fingerprint density at radius 3 is 2.68 bits per heavy atom. The van der Waals surface area contributed by atoms with Crippen LogP contribution in [0.2, 0.25) is 0 Å². The van der Waals surface area contributed by atoms with E-state index >= 15 is 0 Å². The molecule has 3 aliphatic rings. The second kappa shape index (κ2) is 7.44. The summed E-state index contributed by atoms with van der Waals surface area (Å²) in [5.74, 6) is 1.07. The van der Waals surface area contributed by atoms with Crippen LogP contribution in [-0.4, -0.2) is 36.4 Å². The number of allylic oxidation sites excluding steroid dienone is 1. The van der Waals surface area contributed by atoms with Gasteiger partial charge in [-0.1, -0.05) is 11.6 Å². The van der Waals surface area contributed by atoms with Gasteiger partial charge in [-0.3, -0.25) is 4.99 Å². The summed E-state index contributed by atoms with van der Waals surface area (Å²) in [6.45, 7) is 2.55. The maximum Gasteiger partial charge on any atom is 0.326 e. The van der Waals surface area contributed by atoms with Gasteiger partial charge >= 0.3 is 6.01 Å². The molecule has 0 atom stereocenters. The van der Waals surface area contributed by atoms with E-state index in [1.165, 1.54) is 18.4 Å². The van der Waals surface area contributed by atoms with Crippen LogP contribution in [-0.2, 0) is 6.42 Å². The normalized spacial score (nSPS) is 17.1. The van der Waals surface area contributed by atoms with Gasteiger partial charge < -0.3 is 15.0 Å². The third-order valence-corrected chi connectivity index (χ3v) is 5.63. The van der Waals surface area contributed by atoms with Crippen LogP contribution in [0.5, 0.6) is 11.8 Å². The number of rotatable bonds is 5. The molecule has 0 amide bonds. The maximum atomic E-state index is 15.0. The van der Waals surface area contributed by atoms with Crippen LogP contribution in [0.3, 0.4) is 0 Å². The molecule has 1 N–H and O–H groups in total. The van der Waals surface area contributed by atoms with Crippen molar-refractivity contribution in [2.24, 2.45) is 10.9 Å². The van der Waals surface area contributed by atoms with Crippen LogP contribution in [0.25, 0.3) is 6.08 Å². The number of hydrogen-bond donors (Lipinski definition) is 1. The molecule has 0 saturated heterocycles. The fourth-order valence-corrected chi connectivity index (χ4v) is 3.84. The molecule has 2 aliphatic carbocycles. The molecule has 31 heavy (non-hydrogen) atoms. The third kappa shape index (κ3) is 3.89. The predicted octanol–water partition coefficient (Wildman–Crippen LogP) is 4.73. The highest BCUT2D eigenvalue weighted by Gasteiger charge is 2.28. The number of benzene rings is 1. The number of aromatic nitrogens is 2. The van der Waals surface area contributed by atoms with Crippen LogP contribution in [0, 0.1) is 17.6 Å². The Hall–Kier alpha value is -3.29. The lowest BCUT2D eigenvalue weighted by atomic mass is 10.1. The Morgan fingerprint density at radius 2 is 1.94 bits per heavy atom. The summed E-state index contributed by atoms with van der Waals surface area (Å²) in [4.78, 5) is 15.0. The minimum atomic E-state index is -0.612. The van der Waals surface area contributed by atoms with Gasteiger partial charge in [-0.2, -0.15) is 9.97 Å². The zero-order valence-electron chi connectivity index (χ0n) is 17.7. The molecular formula is C23H23F2N5O. The molecule has 0 unspecified atom stereocenters. The number of amidine groups is 1. The molecule has 160 valence electrons. The highest BCUT2D eigenvalue weighted by Crippen LogP contribution is 2.38. The minimum Gasteiger partial charge on any atom is -0.421 e. The first-order valence-electron chi connectivity index (χ1n) is 10.3. The lowest BCUT2D eigenvalue weighted by Crippen LogP contribution is -2.15. The number of anilines is 2. The number of nitrogens with zero attached hydrogens (tertiary/aromatic N) is 4. The van der Waals surface area contributed by atoms with Crippen molar-refractivity contribution in [3.63, 3.8) is 0 Å². The molecule has 2 aromatic rings. The fraction of sp³-hybridized carbons (Fsp3) is 0.348. The van der Waals surface area contributed by atoms with Gasteiger partial charge in [0.05, 0.1) is 6.54 Å². The van der Waals surface area contributed by atoms with E-state index in [2.05, 4.69) is 26.4 Å². The van der Waals surface area contributed by atoms with Crippen molar-refractivity contribution in [2.45, 2.75) is 26.2 Å². The van der Waals surface area contributed by atoms with Gasteiger partial charge in [0.1, 0.15) is 23.3 Å². The van der Waals surface area contributed by atoms with Gasteiger partial charge in [0.2, 0.25) is 0 Å². The van der Waals surface area contributed by atoms with E-state index in [0.717, 1.165) is 17.5 Å². The van der Waals surface area contributed by atoms with E-state index in [1.54, 1.807) is 17.0 Å². The van der Waals surface area contributed by atoms with Crippen molar-refractivity contribution in [1.82, 2.24) is 9.97 Å². The summed E-state index contributed by atoms with van der Waals surface area (Å²) >= 11 is 0. The first-order valence-corrected chi connectivity index (χ1v) is 10.3. The second-order valence-corrected chi connectivity index (χ2v) is 8.44. The number of aliphatic imine (C=N–C) groups is 1. The number of hydrogen-bond acceptors (Lipinski definition) is 6. The van der Waals surface area contributed by atoms with Crippen molar-refractivity contribution in [3.05, 3.63) is 52.1 Å². The molecule has 0 spiro atoms. The van der Waals surface area contributed by atoms with Crippen LogP contribution < -0.4 is 15.0 Å². The first-order chi connectivity index (χ1) is 14.9. The third-order valence-electron chi connectivity index (χ3n) is 5.63. The summed E-state index contributed by atoms with van der Waals surface area (Å²) < 4.78 is 35.1. The number of ether oxygens (including phenoxy) is 1. The molecule has 2 heterocycles. The van der Waals surface area contributed by atoms with Crippen molar-refractivity contribution in [1.29, 1.82) is 0 Å². The zero-order chi connectivity index (χ0) is 21.7. The smallest absolute Gasteiger partial charge is 0.326 e. The SMILES string of the molecule is CC1=Cc2c(F)c(Oc3nc(NC4=NCC(C5CC5)=C4)cc(N(C)C)n3)cc(F)c2C1. The number of nitrogens with one attached hydrogen (secondary N) is 1. The van der Waals surface area contributed by atoms with Crippen molar-refractivity contribution in [3.8, 4) is 11.8 Å². The average Bonchev–Trinajstić information content (AvgIpc) is 3.34. The van der Waals surface area contributed by atoms with Crippen molar-refractivity contribution < 1.29 is 13.5 Å². The highest BCUT2D eigenvalue weighted by molar-refractivity contribution is 6.05. The Bertz CT molecular complexity index is 1170. The molecule has 1 aromatic heterocycles. The van der Waals surface area contributed by atoms with E-state index in [9.17, 15) is 8.78 Å². The van der Waals surface area contributed by atoms with Gasteiger partial charge in [-0.25, -0.2) is 8.78 Å². The van der Waals surface area contributed by atoms with Crippen LogP contribution >= 0.6 is 0 Å². The molecule has 5 rings (SSSR count). The average molecular weight is 423 g/mol. The monoisotopic (exact) mass is 423 g/mol. The summed E-state index contributed by atoms with van der Waals surface area (Å²) in [5.41, 5.74) is 2.82. The van der Waals surface area contributed by atoms with E-state index in [1.807, 2.05) is 21.0 Å². The zero-order valence-corrected chi connectivity index (χ0v) is 17.7. The summed E-state index contributed by atoms with van der Waals surface area (Å²) in [7, 11) is 3.66. The van der Waals surface area contributed by atoms with Crippen molar-refractivity contribution in [2.75, 3.05) is 30.9 Å². The van der Waals surface area contributed by atoms with Crippen molar-refractivity contribution >= 4 is 23.5 Å². The van der Waals surface area contributed by atoms with Gasteiger partial charge in [0.15, 0.2) is 11.6 Å². The molecule has 1 saturated carbocycles. The maximum absolute atomic E-state index is 15.0. The predicted molar refractivity (Wildman–Crippen MR) is 117 cm³/mol. The van der Waals surface area contributed by atoms with E-state index in [0.29, 0.717) is 36.1 Å². The second-order valence-electron chi connectivity index (χ2n) is 8.44. The van der Waals surface area contributed by atoms with Crippen LogP contribution in [0.15, 0.2) is 34.3 Å². The van der Waals surface area contributed by atoms with Gasteiger partial charge in [0.25, 0.3) is 0 Å². The molecule has 1 aliphatic heterocycles. The van der Waals surface area contributed by atoms with Crippen LogP contribution in [0.4, 0.5) is 20.4 Å². The van der Waals surface area contributed by atoms with Gasteiger partial charge in [-0.15, -0.1) is 0 Å². The van der Waals surface area contributed by atoms with Gasteiger partial charge in [0, 0.05) is 37.4 Å². The fourth-order valence-electron chi connectivity index (χ4n) is 3.84. The lowest BCUT2D eigenvalue weighted by molar-refractivity contribution is 0.406. The molecular weight excluding hydrogens is 400 g/mol. The van der Waals surface area contributed by atoms with E-state index in [4.69, 9.17) is 4.74 Å². The van der Waals surface area contributed by atoms with E-state index in [-0.39, 0.29) is 17.3 Å². The summed E-state index contributed by atoms with van der Waals surface area (Å²) in [5, 5.41) is 3.19. The largest absolute Gasteiger partial charge is 0.421 e. The molecule has 0 bridgehead atoms. The van der Waals surface area contributed by atoms with E-state index < -0.39 is 11.6 Å². The highest BCUT2D eigenvalue weighted by atomic mass is 19.1. The Kier molecular flexibility index (Phi) is 4.72. The Morgan fingerprint density at radius 1 is 1.13 bits per heavy atom. The van der Waals surface area contributed by atoms with Crippen LogP contribution in [0.1, 0.15) is 30.9 Å². The molecule has 0 radical (unpaired) electrons. The Labute approximate surface area is 179 Å². The quantitative estimate of drug-likeness (QED) is 0.753. The Balaban J connectivity index is 1.44. The summed E-state index contributed by atoms with van der Waals surface area (Å²) in [6.07, 6.45) is 6.55. The molecule has 6 nitrogen and oxygen atoms in total. The standard InChI is InChI=1S/C23H23F2N5O/c1-12-6-15-16(7-12)22(25)18(9-17(15)24)31-23-28-20(10-21(29-23)30(2)3)27-19-8-14(11-26-19)13-4-5-13/h7-10,13H,4-6,11H2,1-3H3,(H,26,27,28,29). The minimum absolute atomic E-state index is 0.0735. The first kappa shape index (κ1) is 19.7. The van der Waals surface area contributed by atoms with Gasteiger partial charge in [-0.05, 0) is 43.8 Å². The number of fused-ring (bicyclic) bond motifs is 1. The molecule has 1 fully saturated rings. The lowest BCUT2D eigenvalue weighted by Gasteiger charge is -2.15.